The van der Waals surface area contributed by atoms with Crippen molar-refractivity contribution in [3.05, 3.63) is 105 Å². The molecule has 4 rings (SSSR count). The van der Waals surface area contributed by atoms with Crippen molar-refractivity contribution < 1.29 is 14.3 Å². The zero-order valence-electron chi connectivity index (χ0n) is 15.8. The Bertz CT molecular complexity index is 1180. The molecule has 148 valence electrons. The van der Waals surface area contributed by atoms with Crippen LogP contribution in [0.2, 0.25) is 0 Å². The van der Waals surface area contributed by atoms with E-state index in [1.165, 1.54) is 0 Å². The normalized spacial score (nSPS) is 15.0. The number of hydrogen-bond donors (Lipinski definition) is 1. The fraction of sp³-hybridized carbons (Fsp3) is 0.0833. The fourth-order valence-corrected chi connectivity index (χ4v) is 3.88. The number of hydrogen-bond acceptors (Lipinski definition) is 5. The summed E-state index contributed by atoms with van der Waals surface area (Å²) in [4.78, 5) is 12.3. The Labute approximate surface area is 182 Å². The summed E-state index contributed by atoms with van der Waals surface area (Å²) in [7, 11) is 0. The number of carbonyl (C=O) groups excluding carboxylic acids is 1. The van der Waals surface area contributed by atoms with Crippen molar-refractivity contribution in [1.82, 2.24) is 0 Å². The van der Waals surface area contributed by atoms with Crippen LogP contribution in [-0.2, 0) is 11.2 Å². The summed E-state index contributed by atoms with van der Waals surface area (Å²) in [6.07, 6.45) is 0.167. The summed E-state index contributed by atoms with van der Waals surface area (Å²) in [6, 6.07) is 24.4. The van der Waals surface area contributed by atoms with Gasteiger partial charge in [0.05, 0.1) is 12.3 Å². The maximum Gasteiger partial charge on any atom is 0.315 e. The van der Waals surface area contributed by atoms with E-state index in [9.17, 15) is 10.1 Å². The molecule has 5 nitrogen and oxygen atoms in total. The van der Waals surface area contributed by atoms with Crippen molar-refractivity contribution in [1.29, 1.82) is 5.26 Å². The Morgan fingerprint density at radius 2 is 1.90 bits per heavy atom. The van der Waals surface area contributed by atoms with E-state index in [0.717, 1.165) is 21.2 Å². The monoisotopic (exact) mass is 460 g/mol. The molecule has 6 heteroatoms. The van der Waals surface area contributed by atoms with Crippen molar-refractivity contribution in [2.45, 2.75) is 12.3 Å². The number of benzene rings is 3. The summed E-state index contributed by atoms with van der Waals surface area (Å²) in [5, 5.41) is 9.65. The molecule has 3 aromatic carbocycles. The van der Waals surface area contributed by atoms with Gasteiger partial charge in [0.15, 0.2) is 0 Å². The predicted octanol–water partition coefficient (Wildman–Crippen LogP) is 4.82. The lowest BCUT2D eigenvalue weighted by Crippen LogP contribution is -2.21. The predicted molar refractivity (Wildman–Crippen MR) is 116 cm³/mol. The number of ether oxygens (including phenoxy) is 2. The Morgan fingerprint density at radius 3 is 2.63 bits per heavy atom. The number of allylic oxidation sites excluding steroid dienone is 1. The van der Waals surface area contributed by atoms with Crippen molar-refractivity contribution in [3.8, 4) is 17.6 Å². The van der Waals surface area contributed by atoms with Gasteiger partial charge >= 0.3 is 5.97 Å². The van der Waals surface area contributed by atoms with E-state index in [1.807, 2.05) is 54.6 Å². The van der Waals surface area contributed by atoms with Gasteiger partial charge in [-0.3, -0.25) is 4.79 Å². The smallest absolute Gasteiger partial charge is 0.315 e. The van der Waals surface area contributed by atoms with Crippen LogP contribution in [0.25, 0.3) is 0 Å². The Morgan fingerprint density at radius 1 is 1.10 bits per heavy atom. The van der Waals surface area contributed by atoms with Crippen LogP contribution in [0.5, 0.6) is 11.5 Å². The van der Waals surface area contributed by atoms with Gasteiger partial charge in [0, 0.05) is 16.1 Å². The first kappa shape index (κ1) is 19.7. The molecule has 0 bridgehead atoms. The van der Waals surface area contributed by atoms with Gasteiger partial charge in [-0.15, -0.1) is 0 Å². The van der Waals surface area contributed by atoms with E-state index in [2.05, 4.69) is 22.0 Å². The first-order chi connectivity index (χ1) is 14.5. The molecule has 1 atom stereocenters. The van der Waals surface area contributed by atoms with Crippen LogP contribution in [0, 0.1) is 11.3 Å². The first-order valence-electron chi connectivity index (χ1n) is 9.27. The molecule has 1 heterocycles. The number of halogens is 1. The molecule has 0 amide bonds. The first-order valence-corrected chi connectivity index (χ1v) is 10.1. The average Bonchev–Trinajstić information content (AvgIpc) is 2.73. The zero-order valence-corrected chi connectivity index (χ0v) is 17.4. The number of fused-ring (bicyclic) bond motifs is 1. The summed E-state index contributed by atoms with van der Waals surface area (Å²) in [6.45, 7) is 0. The maximum absolute atomic E-state index is 12.3. The largest absolute Gasteiger partial charge is 0.440 e. The standard InChI is InChI=1S/C24H17BrN2O3/c25-17-8-4-7-16(12-17)23-19-10-9-18(13-21(19)30-24(27)20(23)14-26)29-22(28)11-15-5-2-1-3-6-15/h1-10,12-13,23H,11,27H2. The van der Waals surface area contributed by atoms with Gasteiger partial charge < -0.3 is 15.2 Å². The lowest BCUT2D eigenvalue weighted by atomic mass is 9.83. The van der Waals surface area contributed by atoms with Crippen LogP contribution in [0.3, 0.4) is 0 Å². The number of nitriles is 1. The molecular weight excluding hydrogens is 444 g/mol. The average molecular weight is 461 g/mol. The van der Waals surface area contributed by atoms with E-state index in [4.69, 9.17) is 15.2 Å². The highest BCUT2D eigenvalue weighted by Crippen LogP contribution is 2.43. The zero-order chi connectivity index (χ0) is 21.1. The number of carbonyl (C=O) groups is 1. The van der Waals surface area contributed by atoms with Crippen molar-refractivity contribution in [3.63, 3.8) is 0 Å². The minimum Gasteiger partial charge on any atom is -0.440 e. The molecule has 1 aliphatic heterocycles. The third-order valence-corrected chi connectivity index (χ3v) is 5.29. The van der Waals surface area contributed by atoms with Gasteiger partial charge in [0.1, 0.15) is 23.1 Å². The summed E-state index contributed by atoms with van der Waals surface area (Å²) in [5.41, 5.74) is 8.94. The Hall–Kier alpha value is -3.56. The van der Waals surface area contributed by atoms with E-state index in [1.54, 1.807) is 18.2 Å². The molecule has 0 saturated heterocycles. The second-order valence-electron chi connectivity index (χ2n) is 6.82. The molecule has 0 fully saturated rings. The molecule has 0 aliphatic carbocycles. The van der Waals surface area contributed by atoms with Crippen molar-refractivity contribution >= 4 is 21.9 Å². The van der Waals surface area contributed by atoms with Crippen molar-refractivity contribution in [2.24, 2.45) is 5.73 Å². The van der Waals surface area contributed by atoms with Gasteiger partial charge in [-0.2, -0.15) is 5.26 Å². The topological polar surface area (TPSA) is 85.3 Å². The number of esters is 1. The lowest BCUT2D eigenvalue weighted by Gasteiger charge is -2.26. The van der Waals surface area contributed by atoms with E-state index in [0.29, 0.717) is 17.1 Å². The van der Waals surface area contributed by atoms with Crippen LogP contribution in [0.4, 0.5) is 0 Å². The van der Waals surface area contributed by atoms with Crippen LogP contribution in [0.15, 0.2) is 88.7 Å². The highest BCUT2D eigenvalue weighted by atomic mass is 79.9. The Balaban J connectivity index is 1.64. The number of nitrogens with two attached hydrogens (primary N) is 1. The van der Waals surface area contributed by atoms with Crippen LogP contribution in [-0.4, -0.2) is 5.97 Å². The van der Waals surface area contributed by atoms with Gasteiger partial charge in [-0.25, -0.2) is 0 Å². The van der Waals surface area contributed by atoms with E-state index >= 15 is 0 Å². The highest BCUT2D eigenvalue weighted by Gasteiger charge is 2.31. The molecule has 1 aliphatic rings. The van der Waals surface area contributed by atoms with Crippen LogP contribution < -0.4 is 15.2 Å². The number of nitrogens with zero attached hydrogens (tertiary/aromatic N) is 1. The van der Waals surface area contributed by atoms with Crippen LogP contribution in [0.1, 0.15) is 22.6 Å². The molecule has 0 radical (unpaired) electrons. The molecule has 0 spiro atoms. The van der Waals surface area contributed by atoms with Crippen molar-refractivity contribution in [2.75, 3.05) is 0 Å². The third kappa shape index (κ3) is 4.07. The van der Waals surface area contributed by atoms with Gasteiger partial charge in [-0.05, 0) is 29.3 Å². The Kier molecular flexibility index (Phi) is 5.55. The van der Waals surface area contributed by atoms with E-state index < -0.39 is 0 Å². The van der Waals surface area contributed by atoms with Gasteiger partial charge in [-0.1, -0.05) is 64.5 Å². The molecule has 0 saturated carbocycles. The molecule has 2 N–H and O–H groups in total. The number of rotatable bonds is 4. The SMILES string of the molecule is N#CC1=C(N)Oc2cc(OC(=O)Cc3ccccc3)ccc2C1c1cccc(Br)c1. The minimum atomic E-state index is -0.373. The second kappa shape index (κ2) is 8.44. The molecule has 30 heavy (non-hydrogen) atoms. The molecule has 3 aromatic rings. The maximum atomic E-state index is 12.3. The quantitative estimate of drug-likeness (QED) is 0.445. The van der Waals surface area contributed by atoms with Crippen LogP contribution >= 0.6 is 15.9 Å². The molecule has 1 unspecified atom stereocenters. The van der Waals surface area contributed by atoms with Gasteiger partial charge in [0.2, 0.25) is 5.88 Å². The van der Waals surface area contributed by atoms with Gasteiger partial charge in [0.25, 0.3) is 0 Å². The van der Waals surface area contributed by atoms with E-state index in [-0.39, 0.29) is 24.2 Å². The molecule has 0 aromatic heterocycles. The fourth-order valence-electron chi connectivity index (χ4n) is 3.46. The molecular formula is C24H17BrN2O3. The summed E-state index contributed by atoms with van der Waals surface area (Å²) < 4.78 is 12.1. The second-order valence-corrected chi connectivity index (χ2v) is 7.73. The lowest BCUT2D eigenvalue weighted by molar-refractivity contribution is -0.133. The summed E-state index contributed by atoms with van der Waals surface area (Å²) >= 11 is 3.47. The third-order valence-electron chi connectivity index (χ3n) is 4.80. The highest BCUT2D eigenvalue weighted by molar-refractivity contribution is 9.10. The minimum absolute atomic E-state index is 0.0442. The summed E-state index contributed by atoms with van der Waals surface area (Å²) in [5.74, 6) is 0.118.